The van der Waals surface area contributed by atoms with E-state index in [1.54, 1.807) is 26.4 Å². The van der Waals surface area contributed by atoms with Crippen molar-refractivity contribution in [2.24, 2.45) is 0 Å². The molecular formula is C24H32N2O6S. The van der Waals surface area contributed by atoms with Gasteiger partial charge >= 0.3 is 0 Å². The summed E-state index contributed by atoms with van der Waals surface area (Å²) in [6.45, 7) is 2.82. The summed E-state index contributed by atoms with van der Waals surface area (Å²) in [5.41, 5.74) is 0.981. The van der Waals surface area contributed by atoms with Crippen molar-refractivity contribution in [2.75, 3.05) is 34.4 Å². The maximum Gasteiger partial charge on any atom is 0.255 e. The van der Waals surface area contributed by atoms with Gasteiger partial charge in [-0.3, -0.25) is 4.79 Å². The molecule has 0 bridgehead atoms. The van der Waals surface area contributed by atoms with Crippen LogP contribution >= 0.6 is 0 Å². The molecule has 0 radical (unpaired) electrons. The number of nitrogens with one attached hydrogen (secondary N) is 1. The van der Waals surface area contributed by atoms with Crippen LogP contribution in [0.4, 0.5) is 0 Å². The first-order chi connectivity index (χ1) is 15.8. The van der Waals surface area contributed by atoms with Crippen LogP contribution in [0.3, 0.4) is 0 Å². The number of methoxy groups -OCH3 is 3. The van der Waals surface area contributed by atoms with E-state index >= 15 is 0 Å². The third-order valence-electron chi connectivity index (χ3n) is 5.87. The Morgan fingerprint density at radius 1 is 0.879 bits per heavy atom. The van der Waals surface area contributed by atoms with Crippen molar-refractivity contribution in [3.63, 3.8) is 0 Å². The molecule has 1 fully saturated rings. The van der Waals surface area contributed by atoms with Gasteiger partial charge in [0.05, 0.1) is 37.8 Å². The smallest absolute Gasteiger partial charge is 0.255 e. The van der Waals surface area contributed by atoms with E-state index in [1.165, 1.54) is 29.6 Å². The monoisotopic (exact) mass is 476 g/mol. The highest BCUT2D eigenvalue weighted by Crippen LogP contribution is 2.31. The quantitative estimate of drug-likeness (QED) is 0.623. The fourth-order valence-corrected chi connectivity index (χ4v) is 5.48. The van der Waals surface area contributed by atoms with Gasteiger partial charge in [-0.15, -0.1) is 0 Å². The van der Waals surface area contributed by atoms with Gasteiger partial charge < -0.3 is 19.5 Å². The zero-order valence-electron chi connectivity index (χ0n) is 19.6. The molecular weight excluding hydrogens is 444 g/mol. The standard InChI is InChI=1S/C24H32N2O6S/c1-17(18-9-11-22(31-3)23(15-18)32-4)25-24(27)20-16-19(10-12-21(20)30-2)33(28,29)26-13-7-5-6-8-14-26/h9-12,15-17H,5-8,13-14H2,1-4H3,(H,25,27)/t17-/m0/s1. The molecule has 180 valence electrons. The van der Waals surface area contributed by atoms with Gasteiger partial charge in [0.25, 0.3) is 5.91 Å². The summed E-state index contributed by atoms with van der Waals surface area (Å²) in [6.07, 6.45) is 3.73. The number of sulfonamides is 1. The second-order valence-corrected chi connectivity index (χ2v) is 9.93. The molecule has 9 heteroatoms. The van der Waals surface area contributed by atoms with Crippen LogP contribution in [0.25, 0.3) is 0 Å². The second-order valence-electron chi connectivity index (χ2n) is 7.99. The Morgan fingerprint density at radius 2 is 1.48 bits per heavy atom. The predicted octanol–water partition coefficient (Wildman–Crippen LogP) is 3.77. The molecule has 8 nitrogen and oxygen atoms in total. The predicted molar refractivity (Wildman–Crippen MR) is 126 cm³/mol. The Bertz CT molecular complexity index is 1080. The van der Waals surface area contributed by atoms with Crippen molar-refractivity contribution in [1.29, 1.82) is 0 Å². The molecule has 1 aliphatic heterocycles. The molecule has 33 heavy (non-hydrogen) atoms. The lowest BCUT2D eigenvalue weighted by Gasteiger charge is -2.21. The zero-order valence-corrected chi connectivity index (χ0v) is 20.4. The van der Waals surface area contributed by atoms with Gasteiger partial charge in [-0.1, -0.05) is 18.9 Å². The van der Waals surface area contributed by atoms with Gasteiger partial charge in [0.1, 0.15) is 5.75 Å². The van der Waals surface area contributed by atoms with E-state index < -0.39 is 15.9 Å². The molecule has 1 atom stereocenters. The van der Waals surface area contributed by atoms with Crippen LogP contribution in [0.5, 0.6) is 17.2 Å². The van der Waals surface area contributed by atoms with Crippen molar-refractivity contribution in [3.8, 4) is 17.2 Å². The van der Waals surface area contributed by atoms with Gasteiger partial charge in [-0.2, -0.15) is 4.31 Å². The summed E-state index contributed by atoms with van der Waals surface area (Å²) in [5, 5.41) is 2.92. The maximum atomic E-state index is 13.2. The molecule has 0 aliphatic carbocycles. The summed E-state index contributed by atoms with van der Waals surface area (Å²) in [4.78, 5) is 13.2. The molecule has 0 saturated carbocycles. The molecule has 2 aromatic rings. The molecule has 1 saturated heterocycles. The highest BCUT2D eigenvalue weighted by atomic mass is 32.2. The van der Waals surface area contributed by atoms with E-state index in [4.69, 9.17) is 14.2 Å². The highest BCUT2D eigenvalue weighted by Gasteiger charge is 2.27. The first-order valence-corrected chi connectivity index (χ1v) is 12.5. The van der Waals surface area contributed by atoms with Gasteiger partial charge in [-0.25, -0.2) is 8.42 Å². The summed E-state index contributed by atoms with van der Waals surface area (Å²) < 4.78 is 43.9. The summed E-state index contributed by atoms with van der Waals surface area (Å²) >= 11 is 0. The highest BCUT2D eigenvalue weighted by molar-refractivity contribution is 7.89. The van der Waals surface area contributed by atoms with Crippen LogP contribution in [-0.2, 0) is 10.0 Å². The van der Waals surface area contributed by atoms with Gasteiger partial charge in [0.15, 0.2) is 11.5 Å². The third-order valence-corrected chi connectivity index (χ3v) is 7.77. The van der Waals surface area contributed by atoms with Crippen molar-refractivity contribution < 1.29 is 27.4 Å². The van der Waals surface area contributed by atoms with Gasteiger partial charge in [-0.05, 0) is 55.7 Å². The molecule has 0 unspecified atom stereocenters. The first kappa shape index (κ1) is 24.9. The molecule has 1 N–H and O–H groups in total. The van der Waals surface area contributed by atoms with E-state index in [9.17, 15) is 13.2 Å². The maximum absolute atomic E-state index is 13.2. The van der Waals surface area contributed by atoms with Crippen LogP contribution in [0.2, 0.25) is 0 Å². The van der Waals surface area contributed by atoms with E-state index in [2.05, 4.69) is 5.32 Å². The van der Waals surface area contributed by atoms with E-state index in [0.717, 1.165) is 31.2 Å². The molecule has 1 aliphatic rings. The van der Waals surface area contributed by atoms with E-state index in [1.807, 2.05) is 13.0 Å². The number of hydrogen-bond acceptors (Lipinski definition) is 6. The number of amides is 1. The number of carbonyl (C=O) groups excluding carboxylic acids is 1. The third kappa shape index (κ3) is 5.59. The fraction of sp³-hybridized carbons (Fsp3) is 0.458. The lowest BCUT2D eigenvalue weighted by molar-refractivity contribution is 0.0936. The second kappa shape index (κ2) is 10.9. The number of ether oxygens (including phenoxy) is 3. The molecule has 1 amide bonds. The first-order valence-electron chi connectivity index (χ1n) is 11.0. The number of benzene rings is 2. The largest absolute Gasteiger partial charge is 0.496 e. The minimum atomic E-state index is -3.70. The van der Waals surface area contributed by atoms with E-state index in [-0.39, 0.29) is 16.5 Å². The molecule has 0 spiro atoms. The van der Waals surface area contributed by atoms with E-state index in [0.29, 0.717) is 30.3 Å². The van der Waals surface area contributed by atoms with Gasteiger partial charge in [0.2, 0.25) is 10.0 Å². The minimum Gasteiger partial charge on any atom is -0.496 e. The van der Waals surface area contributed by atoms with Crippen LogP contribution in [0.1, 0.15) is 54.6 Å². The molecule has 0 aromatic heterocycles. The SMILES string of the molecule is COc1ccc([C@H](C)NC(=O)c2cc(S(=O)(=O)N3CCCCCC3)ccc2OC)cc1OC. The Hall–Kier alpha value is -2.78. The Morgan fingerprint density at radius 3 is 2.09 bits per heavy atom. The Kier molecular flexibility index (Phi) is 8.20. The number of rotatable bonds is 8. The van der Waals surface area contributed by atoms with Crippen molar-refractivity contribution in [3.05, 3.63) is 47.5 Å². The lowest BCUT2D eigenvalue weighted by atomic mass is 10.1. The fourth-order valence-electron chi connectivity index (χ4n) is 3.94. The average Bonchev–Trinajstić information content (AvgIpc) is 3.13. The number of carbonyl (C=O) groups is 1. The van der Waals surface area contributed by atoms with Crippen LogP contribution in [0.15, 0.2) is 41.3 Å². The Labute approximate surface area is 195 Å². The minimum absolute atomic E-state index is 0.0918. The van der Waals surface area contributed by atoms with Crippen molar-refractivity contribution in [2.45, 2.75) is 43.5 Å². The lowest BCUT2D eigenvalue weighted by Crippen LogP contribution is -2.32. The van der Waals surface area contributed by atoms with Crippen molar-refractivity contribution >= 4 is 15.9 Å². The molecule has 3 rings (SSSR count). The zero-order chi connectivity index (χ0) is 24.0. The van der Waals surface area contributed by atoms with Gasteiger partial charge in [0, 0.05) is 13.1 Å². The van der Waals surface area contributed by atoms with Crippen molar-refractivity contribution in [1.82, 2.24) is 9.62 Å². The van der Waals surface area contributed by atoms with Crippen LogP contribution in [-0.4, -0.2) is 53.0 Å². The Balaban J connectivity index is 1.86. The molecule has 1 heterocycles. The normalized spacial score (nSPS) is 15.9. The molecule has 2 aromatic carbocycles. The topological polar surface area (TPSA) is 94.2 Å². The van der Waals surface area contributed by atoms with Crippen LogP contribution < -0.4 is 19.5 Å². The number of hydrogen-bond donors (Lipinski definition) is 1. The summed E-state index contributed by atoms with van der Waals surface area (Å²) in [5.74, 6) is 1.02. The average molecular weight is 477 g/mol. The van der Waals surface area contributed by atoms with Crippen LogP contribution in [0, 0.1) is 0 Å². The number of nitrogens with zero attached hydrogens (tertiary/aromatic N) is 1. The summed E-state index contributed by atoms with van der Waals surface area (Å²) in [6, 6.07) is 9.45. The summed E-state index contributed by atoms with van der Waals surface area (Å²) in [7, 11) is 0.860.